The average molecular weight is 343 g/mol. The first-order chi connectivity index (χ1) is 11.4. The lowest BCUT2D eigenvalue weighted by Gasteiger charge is -2.53. The fourth-order valence-electron chi connectivity index (χ4n) is 4.38. The Kier molecular flexibility index (Phi) is 5.06. The third-order valence-electron chi connectivity index (χ3n) is 5.69. The van der Waals surface area contributed by atoms with Gasteiger partial charge in [-0.3, -0.25) is 0 Å². The van der Waals surface area contributed by atoms with Crippen LogP contribution in [0.1, 0.15) is 45.4 Å². The quantitative estimate of drug-likeness (QED) is 0.731. The van der Waals surface area contributed by atoms with Gasteiger partial charge in [-0.15, -0.1) is 0 Å². The summed E-state index contributed by atoms with van der Waals surface area (Å²) in [5.74, 6) is -0.250. The molecule has 1 spiro atoms. The molecule has 3 aliphatic heterocycles. The molecule has 7 nitrogen and oxygen atoms in total. The molecule has 24 heavy (non-hydrogen) atoms. The number of rotatable bonds is 4. The Hall–Kier alpha value is -0.890. The summed E-state index contributed by atoms with van der Waals surface area (Å²) in [4.78, 5) is 24.7. The molecule has 0 aromatic heterocycles. The van der Waals surface area contributed by atoms with E-state index >= 15 is 0 Å². The number of hydrogen-bond acceptors (Lipinski definition) is 6. The zero-order chi connectivity index (χ0) is 17.4. The van der Waals surface area contributed by atoms with Gasteiger partial charge in [0.05, 0.1) is 6.61 Å². The molecule has 4 aliphatic rings. The Morgan fingerprint density at radius 2 is 2.04 bits per heavy atom. The van der Waals surface area contributed by atoms with Crippen molar-refractivity contribution < 1.29 is 28.8 Å². The molecule has 3 heterocycles. The van der Waals surface area contributed by atoms with Crippen molar-refractivity contribution in [1.29, 1.82) is 0 Å². The highest BCUT2D eigenvalue weighted by Crippen LogP contribution is 2.55. The second kappa shape index (κ2) is 6.78. The lowest BCUT2D eigenvalue weighted by atomic mass is 9.65. The van der Waals surface area contributed by atoms with Crippen molar-refractivity contribution in [1.82, 2.24) is 4.90 Å². The maximum atomic E-state index is 11.6. The van der Waals surface area contributed by atoms with Crippen LogP contribution in [-0.2, 0) is 24.0 Å². The molecule has 0 unspecified atom stereocenters. The van der Waals surface area contributed by atoms with Gasteiger partial charge in [-0.25, -0.2) is 14.6 Å². The highest BCUT2D eigenvalue weighted by atomic mass is 17.3. The lowest BCUT2D eigenvalue weighted by molar-refractivity contribution is -0.554. The number of hydrogen-bond donors (Lipinski definition) is 0. The zero-order valence-corrected chi connectivity index (χ0v) is 15.1. The van der Waals surface area contributed by atoms with Gasteiger partial charge in [0.25, 0.3) is 0 Å². The molecule has 7 heteroatoms. The van der Waals surface area contributed by atoms with Crippen molar-refractivity contribution in [3.05, 3.63) is 0 Å². The minimum absolute atomic E-state index is 0.166. The third-order valence-corrected chi connectivity index (χ3v) is 5.69. The van der Waals surface area contributed by atoms with Crippen molar-refractivity contribution in [2.45, 2.75) is 63.1 Å². The number of carbonyl (C=O) groups excluding carboxylic acids is 1. The van der Waals surface area contributed by atoms with Gasteiger partial charge in [0, 0.05) is 27.6 Å². The summed E-state index contributed by atoms with van der Waals surface area (Å²) in [6, 6.07) is 0. The predicted octanol–water partition coefficient (Wildman–Crippen LogP) is 2.69. The first-order valence-electron chi connectivity index (χ1n) is 8.83. The Bertz CT molecular complexity index is 472. The lowest BCUT2D eigenvalue weighted by Crippen LogP contribution is -2.63. The van der Waals surface area contributed by atoms with Crippen LogP contribution in [0.5, 0.6) is 0 Å². The predicted molar refractivity (Wildman–Crippen MR) is 84.9 cm³/mol. The number of nitrogens with zero attached hydrogens (tertiary/aromatic N) is 1. The number of amides is 1. The van der Waals surface area contributed by atoms with Crippen LogP contribution < -0.4 is 0 Å². The van der Waals surface area contributed by atoms with Gasteiger partial charge in [0.1, 0.15) is 0 Å². The van der Waals surface area contributed by atoms with Crippen molar-refractivity contribution in [3.8, 4) is 0 Å². The number of fused-ring (bicyclic) bond motifs is 3. The highest BCUT2D eigenvalue weighted by molar-refractivity contribution is 5.66. The maximum Gasteiger partial charge on any atom is 0.409 e. The van der Waals surface area contributed by atoms with Gasteiger partial charge in [0.15, 0.2) is 11.9 Å². The summed E-state index contributed by atoms with van der Waals surface area (Å²) in [5.41, 5.74) is -0.618. The van der Waals surface area contributed by atoms with E-state index in [9.17, 15) is 4.79 Å². The molecule has 4 fully saturated rings. The van der Waals surface area contributed by atoms with E-state index in [1.165, 1.54) is 4.90 Å². The minimum Gasteiger partial charge on any atom is -0.449 e. The fraction of sp³-hybridized carbons (Fsp3) is 0.941. The van der Waals surface area contributed by atoms with Crippen molar-refractivity contribution in [3.63, 3.8) is 0 Å². The molecule has 1 saturated carbocycles. The standard InChI is InChI=1S/C17H29NO6/c1-16-10-8-12-6-5-7-13(9-11-21-15(19)18(2)3)17(12,24-23-16)14(20-4)22-16/h12-14H,5-11H2,1-4H3/t12-,13+,14+,16+,17-/m1/s1. The van der Waals surface area contributed by atoms with E-state index in [-0.39, 0.29) is 12.0 Å². The average Bonchev–Trinajstić information content (AvgIpc) is 2.79. The normalized spacial score (nSPS) is 41.4. The molecular formula is C17H29NO6. The SMILES string of the molecule is CO[C@H]1O[C@]2(C)CC[C@H]3CCC[C@@H](CCOC(=O)N(C)C)[C@]31OO2. The zero-order valence-electron chi connectivity index (χ0n) is 15.1. The van der Waals surface area contributed by atoms with E-state index in [2.05, 4.69) is 0 Å². The summed E-state index contributed by atoms with van der Waals surface area (Å²) in [6.07, 6.45) is 4.91. The van der Waals surface area contributed by atoms with Crippen LogP contribution in [0.3, 0.4) is 0 Å². The van der Waals surface area contributed by atoms with Gasteiger partial charge >= 0.3 is 6.09 Å². The second-order valence-electron chi connectivity index (χ2n) is 7.50. The van der Waals surface area contributed by atoms with Crippen LogP contribution in [-0.4, -0.2) is 56.5 Å². The van der Waals surface area contributed by atoms with Crippen LogP contribution in [0.4, 0.5) is 4.79 Å². The van der Waals surface area contributed by atoms with Crippen LogP contribution in [0.25, 0.3) is 0 Å². The number of carbonyl (C=O) groups is 1. The topological polar surface area (TPSA) is 66.5 Å². The van der Waals surface area contributed by atoms with Gasteiger partial charge in [-0.2, -0.15) is 0 Å². The van der Waals surface area contributed by atoms with Crippen molar-refractivity contribution >= 4 is 6.09 Å². The van der Waals surface area contributed by atoms with Gasteiger partial charge in [-0.1, -0.05) is 6.42 Å². The molecule has 3 saturated heterocycles. The molecule has 5 atom stereocenters. The third kappa shape index (κ3) is 3.03. The Balaban J connectivity index is 1.75. The molecule has 0 aromatic carbocycles. The van der Waals surface area contributed by atoms with Crippen LogP contribution in [0, 0.1) is 11.8 Å². The second-order valence-corrected chi connectivity index (χ2v) is 7.50. The summed E-state index contributed by atoms with van der Waals surface area (Å²) < 4.78 is 17.1. The Morgan fingerprint density at radius 1 is 1.25 bits per heavy atom. The van der Waals surface area contributed by atoms with E-state index in [0.29, 0.717) is 18.9 Å². The molecule has 2 bridgehead atoms. The molecule has 1 aliphatic carbocycles. The largest absolute Gasteiger partial charge is 0.449 e. The van der Waals surface area contributed by atoms with E-state index in [0.717, 1.165) is 32.1 Å². The molecule has 0 radical (unpaired) electrons. The summed E-state index contributed by atoms with van der Waals surface area (Å²) in [6.45, 7) is 2.25. The van der Waals surface area contributed by atoms with Crippen molar-refractivity contribution in [2.24, 2.45) is 11.8 Å². The van der Waals surface area contributed by atoms with E-state index in [1.54, 1.807) is 21.2 Å². The molecule has 4 rings (SSSR count). The van der Waals surface area contributed by atoms with E-state index in [1.807, 2.05) is 6.92 Å². The first-order valence-corrected chi connectivity index (χ1v) is 8.83. The Labute approximate surface area is 143 Å². The smallest absolute Gasteiger partial charge is 0.409 e. The van der Waals surface area contributed by atoms with E-state index < -0.39 is 17.7 Å². The summed E-state index contributed by atoms with van der Waals surface area (Å²) >= 11 is 0. The fourth-order valence-corrected chi connectivity index (χ4v) is 4.38. The monoisotopic (exact) mass is 343 g/mol. The number of methoxy groups -OCH3 is 1. The van der Waals surface area contributed by atoms with Crippen LogP contribution in [0.15, 0.2) is 0 Å². The van der Waals surface area contributed by atoms with Gasteiger partial charge < -0.3 is 19.1 Å². The Morgan fingerprint density at radius 3 is 2.75 bits per heavy atom. The van der Waals surface area contributed by atoms with Crippen molar-refractivity contribution in [2.75, 3.05) is 27.8 Å². The molecular weight excluding hydrogens is 314 g/mol. The summed E-state index contributed by atoms with van der Waals surface area (Å²) in [5, 5.41) is 0. The number of ether oxygens (including phenoxy) is 3. The molecule has 0 aromatic rings. The van der Waals surface area contributed by atoms with E-state index in [4.69, 9.17) is 24.0 Å². The van der Waals surface area contributed by atoms with Gasteiger partial charge in [0.2, 0.25) is 5.79 Å². The molecule has 0 N–H and O–H groups in total. The summed E-state index contributed by atoms with van der Waals surface area (Å²) in [7, 11) is 5.01. The maximum absolute atomic E-state index is 11.6. The van der Waals surface area contributed by atoms with Gasteiger partial charge in [-0.05, 0) is 44.4 Å². The van der Waals surface area contributed by atoms with Crippen LogP contribution in [0.2, 0.25) is 0 Å². The molecule has 138 valence electrons. The van der Waals surface area contributed by atoms with Crippen LogP contribution >= 0.6 is 0 Å². The first kappa shape index (κ1) is 17.9. The molecule has 1 amide bonds. The highest BCUT2D eigenvalue weighted by Gasteiger charge is 2.63. The minimum atomic E-state index is -0.745.